The lowest BCUT2D eigenvalue weighted by Crippen LogP contribution is -2.12. The molecular formula is C15H13N3O2S. The highest BCUT2D eigenvalue weighted by atomic mass is 32.1. The van der Waals surface area contributed by atoms with Crippen LogP contribution in [0, 0.1) is 0 Å². The third-order valence-electron chi connectivity index (χ3n) is 4.04. The summed E-state index contributed by atoms with van der Waals surface area (Å²) in [5.41, 5.74) is 2.27. The van der Waals surface area contributed by atoms with Crippen LogP contribution in [0.4, 0.5) is 0 Å². The van der Waals surface area contributed by atoms with Crippen molar-refractivity contribution in [3.63, 3.8) is 0 Å². The van der Waals surface area contributed by atoms with E-state index in [-0.39, 0.29) is 11.5 Å². The van der Waals surface area contributed by atoms with E-state index in [0.29, 0.717) is 5.65 Å². The summed E-state index contributed by atoms with van der Waals surface area (Å²) < 4.78 is 1.82. The number of carboxylic acids is 1. The number of rotatable bonds is 2. The fourth-order valence-corrected chi connectivity index (χ4v) is 4.01. The largest absolute Gasteiger partial charge is 0.478 e. The molecule has 0 spiro atoms. The number of hydrogen-bond donors (Lipinski definition) is 1. The summed E-state index contributed by atoms with van der Waals surface area (Å²) in [5, 5.41) is 19.8. The third-order valence-corrected chi connectivity index (χ3v) is 5.04. The number of aromatic carboxylic acids is 1. The molecule has 0 bridgehead atoms. The highest BCUT2D eigenvalue weighted by Gasteiger charge is 2.26. The van der Waals surface area contributed by atoms with Gasteiger partial charge < -0.3 is 5.11 Å². The Labute approximate surface area is 124 Å². The van der Waals surface area contributed by atoms with Gasteiger partial charge in [0.15, 0.2) is 5.65 Å². The molecule has 0 aromatic carbocycles. The van der Waals surface area contributed by atoms with Crippen molar-refractivity contribution in [3.05, 3.63) is 51.6 Å². The Kier molecular flexibility index (Phi) is 2.78. The lowest BCUT2D eigenvalue weighted by atomic mass is 9.87. The van der Waals surface area contributed by atoms with E-state index in [1.807, 2.05) is 4.40 Å². The summed E-state index contributed by atoms with van der Waals surface area (Å²) in [4.78, 5) is 12.6. The van der Waals surface area contributed by atoms with Crippen LogP contribution in [0.15, 0.2) is 29.8 Å². The van der Waals surface area contributed by atoms with Crippen molar-refractivity contribution in [2.45, 2.75) is 25.2 Å². The van der Waals surface area contributed by atoms with E-state index in [2.05, 4.69) is 21.6 Å². The molecule has 21 heavy (non-hydrogen) atoms. The van der Waals surface area contributed by atoms with E-state index in [1.165, 1.54) is 10.4 Å². The minimum atomic E-state index is -0.934. The fraction of sp³-hybridized carbons (Fsp3) is 0.267. The first-order valence-electron chi connectivity index (χ1n) is 6.88. The Bertz CT molecular complexity index is 836. The van der Waals surface area contributed by atoms with Crippen LogP contribution in [-0.4, -0.2) is 25.7 Å². The molecule has 0 saturated carbocycles. The number of pyridine rings is 1. The summed E-state index contributed by atoms with van der Waals surface area (Å²) in [5.74, 6) is 0.114. The summed E-state index contributed by atoms with van der Waals surface area (Å²) in [6.07, 6.45) is 4.90. The van der Waals surface area contributed by atoms with Gasteiger partial charge in [0.05, 0.1) is 5.56 Å². The van der Waals surface area contributed by atoms with Crippen molar-refractivity contribution in [1.29, 1.82) is 0 Å². The normalized spacial score (nSPS) is 17.8. The van der Waals surface area contributed by atoms with E-state index in [4.69, 9.17) is 5.11 Å². The van der Waals surface area contributed by atoms with E-state index >= 15 is 0 Å². The molecule has 0 amide bonds. The van der Waals surface area contributed by atoms with Crippen molar-refractivity contribution in [1.82, 2.24) is 14.6 Å². The molecule has 106 valence electrons. The average Bonchev–Trinajstić information content (AvgIpc) is 3.12. The molecule has 4 rings (SSSR count). The Morgan fingerprint density at radius 3 is 3.10 bits per heavy atom. The number of hydrogen-bond acceptors (Lipinski definition) is 4. The molecule has 0 saturated heterocycles. The van der Waals surface area contributed by atoms with Crippen molar-refractivity contribution in [2.75, 3.05) is 0 Å². The fourth-order valence-electron chi connectivity index (χ4n) is 3.03. The van der Waals surface area contributed by atoms with Gasteiger partial charge in [0.25, 0.3) is 0 Å². The maximum Gasteiger partial charge on any atom is 0.337 e. The minimum absolute atomic E-state index is 0.207. The van der Waals surface area contributed by atoms with Gasteiger partial charge in [-0.05, 0) is 48.4 Å². The average molecular weight is 299 g/mol. The molecule has 0 fully saturated rings. The molecule has 0 radical (unpaired) electrons. The van der Waals surface area contributed by atoms with Gasteiger partial charge in [-0.25, -0.2) is 4.79 Å². The standard InChI is InChI=1S/C15H13N3O2S/c19-15(20)9-4-5-13-16-17-14(18(13)8-9)11-2-1-3-12-10(11)6-7-21-12/h4-8,11H,1-3H2,(H,19,20). The second-order valence-electron chi connectivity index (χ2n) is 5.25. The van der Waals surface area contributed by atoms with Crippen LogP contribution >= 0.6 is 11.3 Å². The van der Waals surface area contributed by atoms with Gasteiger partial charge in [-0.15, -0.1) is 21.5 Å². The predicted octanol–water partition coefficient (Wildman–Crippen LogP) is 2.96. The van der Waals surface area contributed by atoms with Crippen molar-refractivity contribution < 1.29 is 9.90 Å². The quantitative estimate of drug-likeness (QED) is 0.790. The molecule has 3 heterocycles. The smallest absolute Gasteiger partial charge is 0.337 e. The summed E-state index contributed by atoms with van der Waals surface area (Å²) in [7, 11) is 0. The van der Waals surface area contributed by atoms with Gasteiger partial charge in [-0.1, -0.05) is 0 Å². The molecular weight excluding hydrogens is 286 g/mol. The van der Waals surface area contributed by atoms with Crippen LogP contribution < -0.4 is 0 Å². The lowest BCUT2D eigenvalue weighted by molar-refractivity contribution is 0.0696. The Morgan fingerprint density at radius 1 is 1.33 bits per heavy atom. The van der Waals surface area contributed by atoms with Crippen molar-refractivity contribution in [2.24, 2.45) is 0 Å². The second kappa shape index (κ2) is 4.66. The number of carboxylic acid groups (broad SMARTS) is 1. The van der Waals surface area contributed by atoms with Gasteiger partial charge in [-0.3, -0.25) is 4.40 Å². The second-order valence-corrected chi connectivity index (χ2v) is 6.25. The van der Waals surface area contributed by atoms with Gasteiger partial charge in [0.1, 0.15) is 5.82 Å². The zero-order chi connectivity index (χ0) is 14.4. The molecule has 3 aromatic heterocycles. The zero-order valence-corrected chi connectivity index (χ0v) is 12.0. The van der Waals surface area contributed by atoms with Crippen LogP contribution in [0.25, 0.3) is 5.65 Å². The summed E-state index contributed by atoms with van der Waals surface area (Å²) in [6, 6.07) is 5.43. The molecule has 1 N–H and O–H groups in total. The molecule has 0 aliphatic heterocycles. The maximum atomic E-state index is 11.2. The molecule has 5 nitrogen and oxygen atoms in total. The van der Waals surface area contributed by atoms with Gasteiger partial charge in [0.2, 0.25) is 0 Å². The van der Waals surface area contributed by atoms with E-state index < -0.39 is 5.97 Å². The first-order chi connectivity index (χ1) is 10.2. The monoisotopic (exact) mass is 299 g/mol. The Hall–Kier alpha value is -2.21. The van der Waals surface area contributed by atoms with Crippen molar-refractivity contribution in [3.8, 4) is 0 Å². The zero-order valence-electron chi connectivity index (χ0n) is 11.2. The number of carbonyl (C=O) groups is 1. The van der Waals surface area contributed by atoms with Crippen LogP contribution in [-0.2, 0) is 6.42 Å². The first kappa shape index (κ1) is 12.5. The Morgan fingerprint density at radius 2 is 2.24 bits per heavy atom. The highest BCUT2D eigenvalue weighted by molar-refractivity contribution is 7.10. The number of nitrogens with zero attached hydrogens (tertiary/aromatic N) is 3. The van der Waals surface area contributed by atoms with E-state index in [1.54, 1.807) is 29.7 Å². The first-order valence-corrected chi connectivity index (χ1v) is 7.76. The lowest BCUT2D eigenvalue weighted by Gasteiger charge is -2.21. The van der Waals surface area contributed by atoms with Crippen LogP contribution in [0.5, 0.6) is 0 Å². The van der Waals surface area contributed by atoms with E-state index in [9.17, 15) is 4.79 Å². The topological polar surface area (TPSA) is 67.5 Å². The highest BCUT2D eigenvalue weighted by Crippen LogP contribution is 2.38. The predicted molar refractivity (Wildman–Crippen MR) is 79.0 cm³/mol. The number of aromatic nitrogens is 3. The molecule has 1 unspecified atom stereocenters. The maximum absolute atomic E-state index is 11.2. The van der Waals surface area contributed by atoms with Gasteiger partial charge in [-0.2, -0.15) is 0 Å². The minimum Gasteiger partial charge on any atom is -0.478 e. The number of thiophene rings is 1. The van der Waals surface area contributed by atoms with Crippen LogP contribution in [0.2, 0.25) is 0 Å². The third kappa shape index (κ3) is 1.94. The van der Waals surface area contributed by atoms with Crippen LogP contribution in [0.1, 0.15) is 45.4 Å². The van der Waals surface area contributed by atoms with E-state index in [0.717, 1.165) is 25.1 Å². The number of fused-ring (bicyclic) bond motifs is 2. The van der Waals surface area contributed by atoms with Crippen LogP contribution in [0.3, 0.4) is 0 Å². The molecule has 1 aliphatic carbocycles. The SMILES string of the molecule is O=C(O)c1ccc2nnc(C3CCCc4sccc43)n2c1. The number of aryl methyl sites for hydroxylation is 1. The Balaban J connectivity index is 1.88. The molecule has 3 aromatic rings. The van der Waals surface area contributed by atoms with Gasteiger partial charge >= 0.3 is 5.97 Å². The van der Waals surface area contributed by atoms with Gasteiger partial charge in [0, 0.05) is 17.0 Å². The molecule has 1 aliphatic rings. The molecule has 1 atom stereocenters. The summed E-state index contributed by atoms with van der Waals surface area (Å²) in [6.45, 7) is 0. The molecule has 6 heteroatoms. The summed E-state index contributed by atoms with van der Waals surface area (Å²) >= 11 is 1.79. The van der Waals surface area contributed by atoms with Crippen molar-refractivity contribution >= 4 is 23.0 Å².